The van der Waals surface area contributed by atoms with Crippen molar-refractivity contribution in [2.24, 2.45) is 0 Å². The van der Waals surface area contributed by atoms with Gasteiger partial charge < -0.3 is 20.1 Å². The van der Waals surface area contributed by atoms with E-state index in [2.05, 4.69) is 5.32 Å². The molecule has 0 saturated carbocycles. The number of carboxylic acid groups (broad SMARTS) is 1. The normalized spacial score (nSPS) is 14.0. The molecular formula is C23H21Cl2F5N2O4. The second-order valence-corrected chi connectivity index (χ2v) is 8.90. The number of carbonyl (C=O) groups is 3. The fraction of sp³-hybridized carbons (Fsp3) is 0.348. The van der Waals surface area contributed by atoms with Crippen LogP contribution in [-0.4, -0.2) is 48.1 Å². The second kappa shape index (κ2) is 11.9. The van der Waals surface area contributed by atoms with Crippen LogP contribution < -0.4 is 5.32 Å². The van der Waals surface area contributed by atoms with Gasteiger partial charge in [0.1, 0.15) is 12.7 Å². The van der Waals surface area contributed by atoms with Crippen molar-refractivity contribution in [1.82, 2.24) is 10.2 Å². The van der Waals surface area contributed by atoms with Crippen LogP contribution in [-0.2, 0) is 15.0 Å². The molecule has 6 nitrogen and oxygen atoms in total. The molecule has 0 bridgehead atoms. The third-order valence-electron chi connectivity index (χ3n) is 5.60. The van der Waals surface area contributed by atoms with E-state index in [-0.39, 0.29) is 34.0 Å². The highest BCUT2D eigenvalue weighted by Gasteiger charge is 2.45. The SMILES string of the molecule is CN(C[C@](CCC=O)(c1ccc(Cl)c(Cl)c1)C(NC(=O)O)c1ccc(F)c(F)c1)C(=O)CC(F)(F)F. The Kier molecular flexibility index (Phi) is 9.67. The molecule has 2 aromatic carbocycles. The van der Waals surface area contributed by atoms with Crippen LogP contribution in [0.25, 0.3) is 0 Å². The van der Waals surface area contributed by atoms with E-state index in [9.17, 15) is 41.4 Å². The van der Waals surface area contributed by atoms with E-state index in [1.54, 1.807) is 0 Å². The van der Waals surface area contributed by atoms with E-state index < -0.39 is 54.2 Å². The Morgan fingerprint density at radius 1 is 1.08 bits per heavy atom. The molecule has 0 radical (unpaired) electrons. The highest BCUT2D eigenvalue weighted by Crippen LogP contribution is 2.44. The maximum absolute atomic E-state index is 14.2. The molecule has 36 heavy (non-hydrogen) atoms. The van der Waals surface area contributed by atoms with Crippen LogP contribution in [0, 0.1) is 11.6 Å². The predicted molar refractivity (Wildman–Crippen MR) is 122 cm³/mol. The van der Waals surface area contributed by atoms with Gasteiger partial charge >= 0.3 is 12.3 Å². The molecule has 0 fully saturated rings. The van der Waals surface area contributed by atoms with Crippen molar-refractivity contribution in [1.29, 1.82) is 0 Å². The van der Waals surface area contributed by atoms with Crippen molar-refractivity contribution < 1.29 is 41.4 Å². The average Bonchev–Trinajstić information content (AvgIpc) is 2.77. The van der Waals surface area contributed by atoms with E-state index in [1.165, 1.54) is 18.2 Å². The van der Waals surface area contributed by atoms with E-state index in [0.29, 0.717) is 6.29 Å². The van der Waals surface area contributed by atoms with Gasteiger partial charge in [0, 0.05) is 25.4 Å². The summed E-state index contributed by atoms with van der Waals surface area (Å²) in [5, 5.41) is 11.9. The Morgan fingerprint density at radius 2 is 1.75 bits per heavy atom. The van der Waals surface area contributed by atoms with Gasteiger partial charge in [-0.05, 0) is 41.8 Å². The zero-order valence-electron chi connectivity index (χ0n) is 18.7. The minimum absolute atomic E-state index is 0.00622. The minimum Gasteiger partial charge on any atom is -0.465 e. The lowest BCUT2D eigenvalue weighted by molar-refractivity contribution is -0.161. The van der Waals surface area contributed by atoms with Gasteiger partial charge in [-0.1, -0.05) is 35.3 Å². The van der Waals surface area contributed by atoms with Gasteiger partial charge in [0.15, 0.2) is 11.6 Å². The van der Waals surface area contributed by atoms with Gasteiger partial charge in [-0.25, -0.2) is 13.6 Å². The Morgan fingerprint density at radius 3 is 2.28 bits per heavy atom. The van der Waals surface area contributed by atoms with Crippen LogP contribution in [0.1, 0.15) is 36.4 Å². The summed E-state index contributed by atoms with van der Waals surface area (Å²) in [6.07, 6.45) is -8.18. The van der Waals surface area contributed by atoms with Crippen LogP contribution >= 0.6 is 23.2 Å². The van der Waals surface area contributed by atoms with Crippen molar-refractivity contribution in [3.8, 4) is 0 Å². The number of halogens is 7. The summed E-state index contributed by atoms with van der Waals surface area (Å²) in [6, 6.07) is 5.15. The summed E-state index contributed by atoms with van der Waals surface area (Å²) < 4.78 is 66.6. The maximum Gasteiger partial charge on any atom is 0.405 e. The van der Waals surface area contributed by atoms with Crippen LogP contribution in [0.2, 0.25) is 10.0 Å². The van der Waals surface area contributed by atoms with Crippen LogP contribution in [0.4, 0.5) is 26.7 Å². The molecular weight excluding hydrogens is 534 g/mol. The van der Waals surface area contributed by atoms with E-state index >= 15 is 0 Å². The van der Waals surface area contributed by atoms with Gasteiger partial charge in [0.25, 0.3) is 0 Å². The highest BCUT2D eigenvalue weighted by atomic mass is 35.5. The molecule has 196 valence electrons. The number of amides is 2. The summed E-state index contributed by atoms with van der Waals surface area (Å²) in [4.78, 5) is 36.3. The Hall–Kier alpha value is -2.92. The molecule has 1 unspecified atom stereocenters. The Labute approximate surface area is 213 Å². The molecule has 0 aliphatic carbocycles. The highest BCUT2D eigenvalue weighted by molar-refractivity contribution is 6.42. The topological polar surface area (TPSA) is 86.7 Å². The first-order chi connectivity index (χ1) is 16.7. The van der Waals surface area contributed by atoms with E-state index in [4.69, 9.17) is 23.2 Å². The molecule has 0 aromatic heterocycles. The molecule has 0 heterocycles. The predicted octanol–water partition coefficient (Wildman–Crippen LogP) is 5.91. The lowest BCUT2D eigenvalue weighted by atomic mass is 9.68. The quantitative estimate of drug-likeness (QED) is 0.282. The zero-order valence-corrected chi connectivity index (χ0v) is 20.2. The number of rotatable bonds is 10. The first kappa shape index (κ1) is 29.3. The third kappa shape index (κ3) is 7.30. The number of nitrogens with one attached hydrogen (secondary N) is 1. The molecule has 0 aliphatic heterocycles. The van der Waals surface area contributed by atoms with E-state index in [0.717, 1.165) is 30.1 Å². The number of benzene rings is 2. The first-order valence-electron chi connectivity index (χ1n) is 10.3. The summed E-state index contributed by atoms with van der Waals surface area (Å²) in [5.41, 5.74) is -1.59. The van der Waals surface area contributed by atoms with Gasteiger partial charge in [-0.3, -0.25) is 4.79 Å². The van der Waals surface area contributed by atoms with Gasteiger partial charge in [0.2, 0.25) is 5.91 Å². The number of alkyl halides is 3. The molecule has 0 saturated heterocycles. The van der Waals surface area contributed by atoms with Gasteiger partial charge in [0.05, 0.1) is 16.1 Å². The summed E-state index contributed by atoms with van der Waals surface area (Å²) >= 11 is 12.2. The molecule has 13 heteroatoms. The Bertz CT molecular complexity index is 1130. The fourth-order valence-corrected chi connectivity index (χ4v) is 4.31. The van der Waals surface area contributed by atoms with Crippen LogP contribution in [0.15, 0.2) is 36.4 Å². The lowest BCUT2D eigenvalue weighted by Gasteiger charge is -2.44. The molecule has 0 spiro atoms. The Balaban J connectivity index is 2.81. The fourth-order valence-electron chi connectivity index (χ4n) is 4.01. The van der Waals surface area contributed by atoms with Crippen LogP contribution in [0.5, 0.6) is 0 Å². The zero-order chi connectivity index (χ0) is 27.3. The lowest BCUT2D eigenvalue weighted by Crippen LogP contribution is -2.51. The standard InChI is InChI=1S/C23H21Cl2F5N2O4/c1-32(19(34)11-23(28,29)30)12-22(7-2-8-33,14-4-5-15(24)16(25)10-14)20(31-21(35)36)13-3-6-17(26)18(27)9-13/h3-6,8-10,20,31H,2,7,11-12H2,1H3,(H,35,36)/t20?,22-/m1/s1. The van der Waals surface area contributed by atoms with Crippen molar-refractivity contribution >= 4 is 41.5 Å². The summed E-state index contributed by atoms with van der Waals surface area (Å²) in [5.74, 6) is -3.87. The van der Waals surface area contributed by atoms with Crippen molar-refractivity contribution in [3.05, 3.63) is 69.2 Å². The van der Waals surface area contributed by atoms with E-state index in [1.807, 2.05) is 0 Å². The van der Waals surface area contributed by atoms with Gasteiger partial charge in [-0.15, -0.1) is 0 Å². The maximum atomic E-state index is 14.2. The largest absolute Gasteiger partial charge is 0.465 e. The number of aldehydes is 1. The molecule has 2 N–H and O–H groups in total. The van der Waals surface area contributed by atoms with Gasteiger partial charge in [-0.2, -0.15) is 13.2 Å². The molecule has 2 aromatic rings. The third-order valence-corrected chi connectivity index (χ3v) is 6.34. The number of nitrogens with zero attached hydrogens (tertiary/aromatic N) is 1. The molecule has 2 rings (SSSR count). The number of carbonyl (C=O) groups excluding carboxylic acids is 2. The number of hydrogen-bond acceptors (Lipinski definition) is 3. The molecule has 2 atom stereocenters. The number of hydrogen-bond donors (Lipinski definition) is 2. The van der Waals surface area contributed by atoms with Crippen LogP contribution in [0.3, 0.4) is 0 Å². The molecule has 0 aliphatic rings. The summed E-state index contributed by atoms with van der Waals surface area (Å²) in [7, 11) is 1.07. The minimum atomic E-state index is -4.82. The van der Waals surface area contributed by atoms with Crippen molar-refractivity contribution in [3.63, 3.8) is 0 Å². The smallest absolute Gasteiger partial charge is 0.405 e. The number of likely N-dealkylation sites (N-methyl/N-ethyl adjacent to an activating group) is 1. The van der Waals surface area contributed by atoms with Crippen molar-refractivity contribution in [2.75, 3.05) is 13.6 Å². The average molecular weight is 555 g/mol. The van der Waals surface area contributed by atoms with Crippen molar-refractivity contribution in [2.45, 2.75) is 36.9 Å². The molecule has 2 amide bonds. The summed E-state index contributed by atoms with van der Waals surface area (Å²) in [6.45, 7) is -0.558. The first-order valence-corrected chi connectivity index (χ1v) is 11.1. The second-order valence-electron chi connectivity index (χ2n) is 8.09. The monoisotopic (exact) mass is 554 g/mol.